The third-order valence-electron chi connectivity index (χ3n) is 5.80. The van der Waals surface area contributed by atoms with Gasteiger partial charge in [0.25, 0.3) is 0 Å². The van der Waals surface area contributed by atoms with Crippen molar-refractivity contribution >= 4 is 5.69 Å². The minimum atomic E-state index is 0.287. The van der Waals surface area contributed by atoms with E-state index in [-0.39, 0.29) is 6.79 Å². The van der Waals surface area contributed by atoms with Gasteiger partial charge in [0.05, 0.1) is 5.69 Å². The molecule has 3 aliphatic heterocycles. The van der Waals surface area contributed by atoms with E-state index in [2.05, 4.69) is 22.0 Å². The van der Waals surface area contributed by atoms with Crippen LogP contribution in [0.15, 0.2) is 36.5 Å². The fraction of sp³-hybridized carbons (Fsp3) is 0.450. The van der Waals surface area contributed by atoms with Crippen molar-refractivity contribution in [2.24, 2.45) is 5.92 Å². The predicted octanol–water partition coefficient (Wildman–Crippen LogP) is 3.22. The van der Waals surface area contributed by atoms with Crippen LogP contribution in [0.3, 0.4) is 0 Å². The molecule has 25 heavy (non-hydrogen) atoms. The smallest absolute Gasteiger partial charge is 0.231 e. The summed E-state index contributed by atoms with van der Waals surface area (Å²) in [5, 5.41) is 9.53. The molecule has 3 atom stereocenters. The van der Waals surface area contributed by atoms with Crippen molar-refractivity contribution in [2.75, 3.05) is 18.3 Å². The Kier molecular flexibility index (Phi) is 3.55. The molecule has 130 valence electrons. The summed E-state index contributed by atoms with van der Waals surface area (Å²) in [6.45, 7) is 0.606. The number of fused-ring (bicyclic) bond motifs is 3. The molecule has 2 aromatic rings. The number of aliphatic hydroxyl groups excluding tert-OH is 1. The molecule has 0 aliphatic carbocycles. The normalized spacial score (nSPS) is 26.9. The molecule has 5 rings (SSSR count). The number of nitrogens with zero attached hydrogens (tertiary/aromatic N) is 2. The first-order chi connectivity index (χ1) is 12.3. The Labute approximate surface area is 147 Å². The van der Waals surface area contributed by atoms with Gasteiger partial charge in [-0.25, -0.2) is 0 Å². The number of hydrogen-bond donors (Lipinski definition) is 1. The highest BCUT2D eigenvalue weighted by molar-refractivity contribution is 5.68. The second kappa shape index (κ2) is 5.92. The second-order valence-corrected chi connectivity index (χ2v) is 7.28. The summed E-state index contributed by atoms with van der Waals surface area (Å²) >= 11 is 0. The molecule has 1 unspecified atom stereocenters. The number of hydrogen-bond acceptors (Lipinski definition) is 5. The summed E-state index contributed by atoms with van der Waals surface area (Å²) in [5.74, 6) is 2.04. The van der Waals surface area contributed by atoms with E-state index in [0.717, 1.165) is 35.6 Å². The zero-order valence-electron chi connectivity index (χ0n) is 14.1. The van der Waals surface area contributed by atoms with E-state index in [1.54, 1.807) is 0 Å². The molecule has 0 amide bonds. The van der Waals surface area contributed by atoms with Gasteiger partial charge in [-0.2, -0.15) is 0 Å². The van der Waals surface area contributed by atoms with Crippen LogP contribution >= 0.6 is 0 Å². The van der Waals surface area contributed by atoms with Gasteiger partial charge in [-0.15, -0.1) is 0 Å². The van der Waals surface area contributed by atoms with Crippen LogP contribution in [0.4, 0.5) is 5.69 Å². The quantitative estimate of drug-likeness (QED) is 0.931. The van der Waals surface area contributed by atoms with E-state index >= 15 is 0 Å². The number of piperidine rings is 1. The lowest BCUT2D eigenvalue weighted by Gasteiger charge is -2.40. The largest absolute Gasteiger partial charge is 0.454 e. The van der Waals surface area contributed by atoms with Gasteiger partial charge >= 0.3 is 0 Å². The molecular formula is C20H22N2O3. The number of aromatic nitrogens is 1. The molecule has 2 saturated heterocycles. The van der Waals surface area contributed by atoms with Crippen LogP contribution < -0.4 is 14.4 Å². The first-order valence-corrected chi connectivity index (χ1v) is 9.07. The standard InChI is InChI=1S/C20H22N2O3/c23-11-13-7-15-2-3-16(8-13)22(15)17-5-6-21-18(10-17)14-1-4-19-20(9-14)25-12-24-19/h1,4-6,9-10,13,15-16,23H,2-3,7-8,11-12H2/t13?,15-,16+. The summed E-state index contributed by atoms with van der Waals surface area (Å²) in [4.78, 5) is 7.13. The van der Waals surface area contributed by atoms with Crippen molar-refractivity contribution in [3.8, 4) is 22.8 Å². The molecule has 0 saturated carbocycles. The molecule has 3 aliphatic rings. The fourth-order valence-corrected chi connectivity index (χ4v) is 4.65. The second-order valence-electron chi connectivity index (χ2n) is 7.28. The van der Waals surface area contributed by atoms with Gasteiger partial charge in [-0.3, -0.25) is 4.98 Å². The maximum Gasteiger partial charge on any atom is 0.231 e. The van der Waals surface area contributed by atoms with Gasteiger partial charge in [0.15, 0.2) is 11.5 Å². The van der Waals surface area contributed by atoms with Gasteiger partial charge in [0.1, 0.15) is 0 Å². The highest BCUT2D eigenvalue weighted by Gasteiger charge is 2.40. The molecule has 2 fully saturated rings. The number of aliphatic hydroxyl groups is 1. The highest BCUT2D eigenvalue weighted by atomic mass is 16.7. The number of ether oxygens (including phenoxy) is 2. The Hall–Kier alpha value is -2.27. The Morgan fingerprint density at radius 1 is 1.04 bits per heavy atom. The lowest BCUT2D eigenvalue weighted by atomic mass is 9.91. The lowest BCUT2D eigenvalue weighted by Crippen LogP contribution is -2.43. The number of benzene rings is 1. The minimum Gasteiger partial charge on any atom is -0.454 e. The molecule has 1 aromatic carbocycles. The molecular weight excluding hydrogens is 316 g/mol. The molecule has 5 nitrogen and oxygen atoms in total. The zero-order valence-corrected chi connectivity index (χ0v) is 14.1. The van der Waals surface area contributed by atoms with E-state index in [4.69, 9.17) is 9.47 Å². The first-order valence-electron chi connectivity index (χ1n) is 9.07. The van der Waals surface area contributed by atoms with Crippen LogP contribution in [-0.4, -0.2) is 35.6 Å². The van der Waals surface area contributed by atoms with Gasteiger partial charge in [-0.05, 0) is 61.9 Å². The van der Waals surface area contributed by atoms with E-state index in [1.165, 1.54) is 18.5 Å². The zero-order chi connectivity index (χ0) is 16.8. The third kappa shape index (κ3) is 2.54. The number of rotatable bonds is 3. The van der Waals surface area contributed by atoms with Crippen molar-refractivity contribution in [1.82, 2.24) is 4.98 Å². The van der Waals surface area contributed by atoms with Crippen molar-refractivity contribution in [3.05, 3.63) is 36.5 Å². The van der Waals surface area contributed by atoms with Crippen LogP contribution in [0.2, 0.25) is 0 Å². The van der Waals surface area contributed by atoms with E-state index in [0.29, 0.717) is 24.6 Å². The molecule has 1 N–H and O–H groups in total. The SMILES string of the molecule is OCC1C[C@H]2CC[C@@H](C1)N2c1ccnc(-c2ccc3c(c2)OCO3)c1. The summed E-state index contributed by atoms with van der Waals surface area (Å²) in [6, 6.07) is 11.4. The first kappa shape index (κ1) is 15.0. The Morgan fingerprint density at radius 3 is 2.64 bits per heavy atom. The summed E-state index contributed by atoms with van der Waals surface area (Å²) in [7, 11) is 0. The summed E-state index contributed by atoms with van der Waals surface area (Å²) in [5.41, 5.74) is 3.25. The predicted molar refractivity (Wildman–Crippen MR) is 94.9 cm³/mol. The number of anilines is 1. The van der Waals surface area contributed by atoms with Crippen molar-refractivity contribution in [3.63, 3.8) is 0 Å². The molecule has 4 heterocycles. The van der Waals surface area contributed by atoms with Crippen molar-refractivity contribution in [1.29, 1.82) is 0 Å². The molecule has 0 spiro atoms. The van der Waals surface area contributed by atoms with Crippen LogP contribution in [0, 0.1) is 5.92 Å². The van der Waals surface area contributed by atoms with Gasteiger partial charge in [-0.1, -0.05) is 0 Å². The lowest BCUT2D eigenvalue weighted by molar-refractivity contribution is 0.174. The average Bonchev–Trinajstić information content (AvgIpc) is 3.23. The Balaban J connectivity index is 1.46. The maximum atomic E-state index is 9.53. The maximum absolute atomic E-state index is 9.53. The van der Waals surface area contributed by atoms with Crippen molar-refractivity contribution in [2.45, 2.75) is 37.8 Å². The van der Waals surface area contributed by atoms with Gasteiger partial charge in [0.2, 0.25) is 6.79 Å². The Morgan fingerprint density at radius 2 is 1.84 bits per heavy atom. The third-order valence-corrected chi connectivity index (χ3v) is 5.80. The molecule has 0 radical (unpaired) electrons. The van der Waals surface area contributed by atoms with Gasteiger partial charge < -0.3 is 19.5 Å². The molecule has 2 bridgehead atoms. The molecule has 5 heteroatoms. The number of pyridine rings is 1. The highest BCUT2D eigenvalue weighted by Crippen LogP contribution is 2.42. The fourth-order valence-electron chi connectivity index (χ4n) is 4.65. The van der Waals surface area contributed by atoms with E-state index in [1.807, 2.05) is 24.4 Å². The van der Waals surface area contributed by atoms with Crippen LogP contribution in [0.5, 0.6) is 11.5 Å². The topological polar surface area (TPSA) is 54.8 Å². The van der Waals surface area contributed by atoms with E-state index in [9.17, 15) is 5.11 Å². The molecule has 1 aromatic heterocycles. The van der Waals surface area contributed by atoms with Crippen molar-refractivity contribution < 1.29 is 14.6 Å². The average molecular weight is 338 g/mol. The Bertz CT molecular complexity index is 780. The summed E-state index contributed by atoms with van der Waals surface area (Å²) in [6.07, 6.45) is 6.53. The van der Waals surface area contributed by atoms with Crippen LogP contribution in [-0.2, 0) is 0 Å². The van der Waals surface area contributed by atoms with Gasteiger partial charge in [0, 0.05) is 36.1 Å². The van der Waals surface area contributed by atoms with E-state index < -0.39 is 0 Å². The minimum absolute atomic E-state index is 0.287. The van der Waals surface area contributed by atoms with Crippen LogP contribution in [0.25, 0.3) is 11.3 Å². The van der Waals surface area contributed by atoms with Crippen LogP contribution in [0.1, 0.15) is 25.7 Å². The summed E-state index contributed by atoms with van der Waals surface area (Å²) < 4.78 is 10.9. The monoisotopic (exact) mass is 338 g/mol.